The van der Waals surface area contributed by atoms with E-state index in [2.05, 4.69) is 39.1 Å². The van der Waals surface area contributed by atoms with Crippen LogP contribution in [0.2, 0.25) is 0 Å². The molecule has 2 aromatic heterocycles. The van der Waals surface area contributed by atoms with E-state index in [9.17, 15) is 9.90 Å². The summed E-state index contributed by atoms with van der Waals surface area (Å²) in [5.41, 5.74) is 9.23. The number of aromatic hydroxyl groups is 1. The number of piperazine rings is 1. The SMILES string of the molecule is Cc1c(O)c(-c2nc(C(N)=O)c3cc(N4C[C@@H](C)N[C@@H](C)C4)ccc3n2)cc2cn(C)nc12. The molecule has 9 heteroatoms. The van der Waals surface area contributed by atoms with E-state index in [0.717, 1.165) is 24.2 Å². The van der Waals surface area contributed by atoms with Crippen LogP contribution in [-0.4, -0.2) is 55.9 Å². The molecule has 170 valence electrons. The average molecular weight is 446 g/mol. The largest absolute Gasteiger partial charge is 0.507 e. The molecule has 0 aliphatic carbocycles. The maximum Gasteiger partial charge on any atom is 0.268 e. The lowest BCUT2D eigenvalue weighted by Crippen LogP contribution is -2.54. The highest BCUT2D eigenvalue weighted by molar-refractivity contribution is 6.05. The van der Waals surface area contributed by atoms with Crippen LogP contribution in [0.15, 0.2) is 30.5 Å². The zero-order valence-corrected chi connectivity index (χ0v) is 19.1. The lowest BCUT2D eigenvalue weighted by molar-refractivity contribution is 0.0997. The summed E-state index contributed by atoms with van der Waals surface area (Å²) in [5, 5.41) is 20.2. The minimum absolute atomic E-state index is 0.0383. The number of carbonyl (C=O) groups is 1. The van der Waals surface area contributed by atoms with Gasteiger partial charge in [-0.3, -0.25) is 9.48 Å². The number of nitrogens with zero attached hydrogens (tertiary/aromatic N) is 5. The summed E-state index contributed by atoms with van der Waals surface area (Å²) in [6, 6.07) is 8.31. The Balaban J connectivity index is 1.66. The van der Waals surface area contributed by atoms with Gasteiger partial charge < -0.3 is 21.1 Å². The summed E-state index contributed by atoms with van der Waals surface area (Å²) in [4.78, 5) is 23.9. The smallest absolute Gasteiger partial charge is 0.268 e. The van der Waals surface area contributed by atoms with Crippen LogP contribution in [-0.2, 0) is 7.05 Å². The van der Waals surface area contributed by atoms with Crippen molar-refractivity contribution in [1.29, 1.82) is 0 Å². The zero-order chi connectivity index (χ0) is 23.4. The Morgan fingerprint density at radius 2 is 1.91 bits per heavy atom. The number of hydrogen-bond acceptors (Lipinski definition) is 7. The number of anilines is 1. The van der Waals surface area contributed by atoms with E-state index in [1.54, 1.807) is 17.7 Å². The van der Waals surface area contributed by atoms with E-state index in [1.165, 1.54) is 0 Å². The first-order valence-corrected chi connectivity index (χ1v) is 11.0. The molecule has 3 heterocycles. The minimum Gasteiger partial charge on any atom is -0.507 e. The Morgan fingerprint density at radius 3 is 2.61 bits per heavy atom. The fraction of sp³-hybridized carbons (Fsp3) is 0.333. The number of nitrogens with one attached hydrogen (secondary N) is 1. The Labute approximate surface area is 191 Å². The molecule has 0 radical (unpaired) electrons. The van der Waals surface area contributed by atoms with E-state index < -0.39 is 5.91 Å². The molecule has 0 bridgehead atoms. The third-order valence-electron chi connectivity index (χ3n) is 6.20. The Bertz CT molecular complexity index is 1400. The first-order chi connectivity index (χ1) is 15.7. The second-order valence-corrected chi connectivity index (χ2v) is 8.97. The van der Waals surface area contributed by atoms with Crippen LogP contribution in [0.4, 0.5) is 5.69 Å². The molecule has 0 unspecified atom stereocenters. The van der Waals surface area contributed by atoms with Gasteiger partial charge in [-0.2, -0.15) is 5.10 Å². The molecule has 1 saturated heterocycles. The summed E-state index contributed by atoms with van der Waals surface area (Å²) in [7, 11) is 1.82. The van der Waals surface area contributed by atoms with Gasteiger partial charge in [-0.1, -0.05) is 0 Å². The first kappa shape index (κ1) is 21.1. The van der Waals surface area contributed by atoms with E-state index >= 15 is 0 Å². The molecule has 2 aromatic carbocycles. The lowest BCUT2D eigenvalue weighted by atomic mass is 10.0. The van der Waals surface area contributed by atoms with E-state index in [-0.39, 0.29) is 17.3 Å². The standard InChI is InChI=1S/C24H27N7O2/c1-12-9-31(10-13(2)26-12)16-5-6-19-17(8-16)21(23(25)33)28-24(27-19)18-7-15-11-30(4)29-20(15)14(3)22(18)32/h5-8,11-13,26,32H,9-10H2,1-4H3,(H2,25,33)/t12-,13+. The van der Waals surface area contributed by atoms with Gasteiger partial charge in [0.15, 0.2) is 5.82 Å². The van der Waals surface area contributed by atoms with Crippen LogP contribution >= 0.6 is 0 Å². The molecule has 1 aliphatic heterocycles. The number of phenolic OH excluding ortho intramolecular Hbond substituents is 1. The van der Waals surface area contributed by atoms with Gasteiger partial charge in [0.25, 0.3) is 5.91 Å². The van der Waals surface area contributed by atoms with Gasteiger partial charge in [0.05, 0.1) is 16.6 Å². The first-order valence-electron chi connectivity index (χ1n) is 11.0. The highest BCUT2D eigenvalue weighted by atomic mass is 16.3. The topological polar surface area (TPSA) is 122 Å². The molecule has 0 spiro atoms. The van der Waals surface area contributed by atoms with Crippen molar-refractivity contribution in [3.63, 3.8) is 0 Å². The van der Waals surface area contributed by atoms with Gasteiger partial charge in [0.2, 0.25) is 0 Å². The molecule has 2 atom stereocenters. The van der Waals surface area contributed by atoms with Crippen LogP contribution in [0.25, 0.3) is 33.2 Å². The highest BCUT2D eigenvalue weighted by Crippen LogP contribution is 2.36. The van der Waals surface area contributed by atoms with Gasteiger partial charge in [-0.15, -0.1) is 0 Å². The van der Waals surface area contributed by atoms with E-state index in [0.29, 0.717) is 39.6 Å². The maximum absolute atomic E-state index is 12.4. The Kier molecular flexibility index (Phi) is 4.93. The van der Waals surface area contributed by atoms with Gasteiger partial charge in [0.1, 0.15) is 11.4 Å². The summed E-state index contributed by atoms with van der Waals surface area (Å²) >= 11 is 0. The number of rotatable bonds is 3. The number of nitrogens with two attached hydrogens (primary N) is 1. The molecule has 4 N–H and O–H groups in total. The third kappa shape index (κ3) is 3.64. The molecule has 9 nitrogen and oxygen atoms in total. The molecule has 4 aromatic rings. The molecular formula is C24H27N7O2. The zero-order valence-electron chi connectivity index (χ0n) is 19.1. The predicted molar refractivity (Wildman–Crippen MR) is 128 cm³/mol. The Hall–Kier alpha value is -3.72. The van der Waals surface area contributed by atoms with Crippen molar-refractivity contribution < 1.29 is 9.90 Å². The van der Waals surface area contributed by atoms with Crippen molar-refractivity contribution in [3.8, 4) is 17.1 Å². The molecule has 1 fully saturated rings. The fourth-order valence-electron chi connectivity index (χ4n) is 4.77. The fourth-order valence-corrected chi connectivity index (χ4v) is 4.77. The summed E-state index contributed by atoms with van der Waals surface area (Å²) < 4.78 is 1.69. The van der Waals surface area contributed by atoms with Crippen LogP contribution < -0.4 is 16.0 Å². The van der Waals surface area contributed by atoms with Crippen molar-refractivity contribution in [2.24, 2.45) is 12.8 Å². The number of aromatic nitrogens is 4. The maximum atomic E-state index is 12.4. The molecular weight excluding hydrogens is 418 g/mol. The van der Waals surface area contributed by atoms with Crippen LogP contribution in [0.1, 0.15) is 29.9 Å². The second-order valence-electron chi connectivity index (χ2n) is 8.97. The quantitative estimate of drug-likeness (QED) is 0.443. The number of carbonyl (C=O) groups excluding carboxylic acids is 1. The normalized spacial score (nSPS) is 18.8. The number of benzene rings is 2. The molecule has 1 amide bonds. The summed E-state index contributed by atoms with van der Waals surface area (Å²) in [6.45, 7) is 7.83. The van der Waals surface area contributed by atoms with Gasteiger partial charge in [-0.05, 0) is 45.0 Å². The monoisotopic (exact) mass is 445 g/mol. The van der Waals surface area contributed by atoms with Crippen molar-refractivity contribution >= 4 is 33.4 Å². The van der Waals surface area contributed by atoms with Gasteiger partial charge in [-0.25, -0.2) is 9.97 Å². The minimum atomic E-state index is -0.637. The van der Waals surface area contributed by atoms with E-state index in [1.807, 2.05) is 31.4 Å². The molecule has 0 saturated carbocycles. The average Bonchev–Trinajstić information content (AvgIpc) is 3.15. The summed E-state index contributed by atoms with van der Waals surface area (Å²) in [5.74, 6) is -0.349. The number of phenols is 1. The molecule has 33 heavy (non-hydrogen) atoms. The molecule has 1 aliphatic rings. The van der Waals surface area contributed by atoms with E-state index in [4.69, 9.17) is 5.73 Å². The van der Waals surface area contributed by atoms with Crippen molar-refractivity contribution in [2.75, 3.05) is 18.0 Å². The van der Waals surface area contributed by atoms with Crippen molar-refractivity contribution in [1.82, 2.24) is 25.1 Å². The van der Waals surface area contributed by atoms with Crippen molar-refractivity contribution in [3.05, 3.63) is 41.7 Å². The number of hydrogen-bond donors (Lipinski definition) is 3. The van der Waals surface area contributed by atoms with Crippen LogP contribution in [0, 0.1) is 6.92 Å². The Morgan fingerprint density at radius 1 is 1.18 bits per heavy atom. The number of primary amides is 1. The number of aryl methyl sites for hydroxylation is 2. The third-order valence-corrected chi connectivity index (χ3v) is 6.20. The second kappa shape index (κ2) is 7.70. The molecule has 5 rings (SSSR count). The number of fused-ring (bicyclic) bond motifs is 2. The highest BCUT2D eigenvalue weighted by Gasteiger charge is 2.23. The number of amides is 1. The van der Waals surface area contributed by atoms with Gasteiger partial charge in [0, 0.05) is 60.4 Å². The van der Waals surface area contributed by atoms with Crippen molar-refractivity contribution in [2.45, 2.75) is 32.9 Å². The summed E-state index contributed by atoms with van der Waals surface area (Å²) in [6.07, 6.45) is 1.86. The predicted octanol–water partition coefficient (Wildman–Crippen LogP) is 2.48. The van der Waals surface area contributed by atoms with Crippen LogP contribution in [0.5, 0.6) is 5.75 Å². The van der Waals surface area contributed by atoms with Gasteiger partial charge >= 0.3 is 0 Å². The lowest BCUT2D eigenvalue weighted by Gasteiger charge is -2.37. The van der Waals surface area contributed by atoms with Crippen LogP contribution in [0.3, 0.4) is 0 Å².